The van der Waals surface area contributed by atoms with E-state index in [9.17, 15) is 13.6 Å². The standard InChI is InChI=1S/C18H19F2NO3/c1-12(11-24-17-8-7-14(19)10-15(17)20)21-18(22)9-13-5-3-4-6-16(13)23-2/h3-8,10,12H,9,11H2,1-2H3,(H,21,22). The Kier molecular flexibility index (Phi) is 6.12. The van der Waals surface area contributed by atoms with E-state index < -0.39 is 11.6 Å². The number of carbonyl (C=O) groups excluding carboxylic acids is 1. The average Bonchev–Trinajstić information content (AvgIpc) is 2.54. The van der Waals surface area contributed by atoms with Crippen LogP contribution in [0.4, 0.5) is 8.78 Å². The molecule has 0 heterocycles. The highest BCUT2D eigenvalue weighted by atomic mass is 19.1. The van der Waals surface area contributed by atoms with Gasteiger partial charge in [-0.3, -0.25) is 4.79 Å². The molecule has 0 aromatic heterocycles. The quantitative estimate of drug-likeness (QED) is 0.846. The number of amides is 1. The van der Waals surface area contributed by atoms with Gasteiger partial charge in [-0.05, 0) is 25.1 Å². The maximum Gasteiger partial charge on any atom is 0.224 e. The maximum atomic E-state index is 13.5. The maximum absolute atomic E-state index is 13.5. The van der Waals surface area contributed by atoms with Gasteiger partial charge in [0.15, 0.2) is 11.6 Å². The Balaban J connectivity index is 1.85. The highest BCUT2D eigenvalue weighted by Crippen LogP contribution is 2.19. The first-order valence-electron chi connectivity index (χ1n) is 7.48. The Morgan fingerprint density at radius 3 is 2.62 bits per heavy atom. The number of hydrogen-bond acceptors (Lipinski definition) is 3. The fourth-order valence-corrected chi connectivity index (χ4v) is 2.20. The van der Waals surface area contributed by atoms with Crippen LogP contribution in [0.3, 0.4) is 0 Å². The fourth-order valence-electron chi connectivity index (χ4n) is 2.20. The number of rotatable bonds is 7. The van der Waals surface area contributed by atoms with Crippen molar-refractivity contribution in [1.82, 2.24) is 5.32 Å². The van der Waals surface area contributed by atoms with Gasteiger partial charge >= 0.3 is 0 Å². The lowest BCUT2D eigenvalue weighted by Gasteiger charge is -2.16. The summed E-state index contributed by atoms with van der Waals surface area (Å²) in [7, 11) is 1.55. The van der Waals surface area contributed by atoms with Crippen molar-refractivity contribution in [2.24, 2.45) is 0 Å². The summed E-state index contributed by atoms with van der Waals surface area (Å²) < 4.78 is 36.8. The number of benzene rings is 2. The van der Waals surface area contributed by atoms with Crippen molar-refractivity contribution in [1.29, 1.82) is 0 Å². The van der Waals surface area contributed by atoms with E-state index in [0.717, 1.165) is 17.7 Å². The number of hydrogen-bond donors (Lipinski definition) is 1. The lowest BCUT2D eigenvalue weighted by atomic mass is 10.1. The van der Waals surface area contributed by atoms with Crippen LogP contribution in [-0.4, -0.2) is 25.7 Å². The Morgan fingerprint density at radius 2 is 1.92 bits per heavy atom. The van der Waals surface area contributed by atoms with Crippen molar-refractivity contribution in [3.8, 4) is 11.5 Å². The molecule has 6 heteroatoms. The van der Waals surface area contributed by atoms with E-state index in [0.29, 0.717) is 5.75 Å². The third-order valence-corrected chi connectivity index (χ3v) is 3.33. The zero-order valence-corrected chi connectivity index (χ0v) is 13.5. The van der Waals surface area contributed by atoms with E-state index in [1.165, 1.54) is 6.07 Å². The second kappa shape index (κ2) is 8.29. The summed E-state index contributed by atoms with van der Waals surface area (Å²) in [6.07, 6.45) is 0.166. The van der Waals surface area contributed by atoms with Gasteiger partial charge in [0.1, 0.15) is 18.2 Å². The molecule has 0 saturated heterocycles. The highest BCUT2D eigenvalue weighted by molar-refractivity contribution is 5.79. The van der Waals surface area contributed by atoms with Gasteiger partial charge in [-0.15, -0.1) is 0 Å². The predicted molar refractivity (Wildman–Crippen MR) is 86.2 cm³/mol. The topological polar surface area (TPSA) is 47.6 Å². The summed E-state index contributed by atoms with van der Waals surface area (Å²) in [5.74, 6) is -1.05. The van der Waals surface area contributed by atoms with Crippen LogP contribution < -0.4 is 14.8 Å². The molecule has 1 unspecified atom stereocenters. The van der Waals surface area contributed by atoms with Crippen LogP contribution in [0.15, 0.2) is 42.5 Å². The Morgan fingerprint density at radius 1 is 1.17 bits per heavy atom. The molecule has 1 atom stereocenters. The number of methoxy groups -OCH3 is 1. The van der Waals surface area contributed by atoms with Gasteiger partial charge in [0.2, 0.25) is 5.91 Å². The Hall–Kier alpha value is -2.63. The van der Waals surface area contributed by atoms with Crippen LogP contribution in [0.5, 0.6) is 11.5 Å². The molecule has 0 saturated carbocycles. The zero-order chi connectivity index (χ0) is 17.5. The van der Waals surface area contributed by atoms with Gasteiger partial charge in [0, 0.05) is 11.6 Å². The van der Waals surface area contributed by atoms with Gasteiger partial charge < -0.3 is 14.8 Å². The molecule has 24 heavy (non-hydrogen) atoms. The molecule has 1 amide bonds. The largest absolute Gasteiger partial charge is 0.496 e. The van der Waals surface area contributed by atoms with E-state index in [1.54, 1.807) is 20.1 Å². The lowest BCUT2D eigenvalue weighted by molar-refractivity contribution is -0.121. The number of para-hydroxylation sites is 1. The normalized spacial score (nSPS) is 11.7. The molecular formula is C18H19F2NO3. The average molecular weight is 335 g/mol. The van der Waals surface area contributed by atoms with Gasteiger partial charge in [0.05, 0.1) is 19.6 Å². The number of ether oxygens (including phenoxy) is 2. The van der Waals surface area contributed by atoms with Crippen molar-refractivity contribution in [3.05, 3.63) is 59.7 Å². The molecule has 0 fully saturated rings. The van der Waals surface area contributed by atoms with E-state index in [1.807, 2.05) is 18.2 Å². The lowest BCUT2D eigenvalue weighted by Crippen LogP contribution is -2.37. The van der Waals surface area contributed by atoms with Crippen molar-refractivity contribution in [2.75, 3.05) is 13.7 Å². The second-order valence-corrected chi connectivity index (χ2v) is 5.34. The van der Waals surface area contributed by atoms with Gasteiger partial charge in [-0.1, -0.05) is 18.2 Å². The molecule has 1 N–H and O–H groups in total. The summed E-state index contributed by atoms with van der Waals surface area (Å²) in [6, 6.07) is 10.00. The fraction of sp³-hybridized carbons (Fsp3) is 0.278. The van der Waals surface area contributed by atoms with Crippen molar-refractivity contribution in [3.63, 3.8) is 0 Å². The Bertz CT molecular complexity index is 706. The highest BCUT2D eigenvalue weighted by Gasteiger charge is 2.12. The summed E-state index contributed by atoms with van der Waals surface area (Å²) in [4.78, 5) is 12.1. The van der Waals surface area contributed by atoms with Crippen LogP contribution in [0.25, 0.3) is 0 Å². The minimum atomic E-state index is -0.775. The Labute approximate surface area is 139 Å². The summed E-state index contributed by atoms with van der Waals surface area (Å²) in [6.45, 7) is 1.81. The molecule has 4 nitrogen and oxygen atoms in total. The van der Waals surface area contributed by atoms with Gasteiger partial charge in [-0.2, -0.15) is 0 Å². The number of carbonyl (C=O) groups is 1. The summed E-state index contributed by atoms with van der Waals surface area (Å²) >= 11 is 0. The van der Waals surface area contributed by atoms with Crippen molar-refractivity contribution >= 4 is 5.91 Å². The molecule has 0 spiro atoms. The minimum Gasteiger partial charge on any atom is -0.496 e. The SMILES string of the molecule is COc1ccccc1CC(=O)NC(C)COc1ccc(F)cc1F. The molecule has 2 aromatic carbocycles. The summed E-state index contributed by atoms with van der Waals surface area (Å²) in [5.41, 5.74) is 0.773. The van der Waals surface area contributed by atoms with E-state index >= 15 is 0 Å². The van der Waals surface area contributed by atoms with E-state index in [-0.39, 0.29) is 30.7 Å². The molecule has 0 aliphatic carbocycles. The first-order valence-corrected chi connectivity index (χ1v) is 7.48. The van der Waals surface area contributed by atoms with Crippen LogP contribution in [-0.2, 0) is 11.2 Å². The van der Waals surface area contributed by atoms with E-state index in [4.69, 9.17) is 9.47 Å². The van der Waals surface area contributed by atoms with Gasteiger partial charge in [0.25, 0.3) is 0 Å². The molecular weight excluding hydrogens is 316 g/mol. The summed E-state index contributed by atoms with van der Waals surface area (Å²) in [5, 5.41) is 2.76. The number of halogens is 2. The molecule has 2 aromatic rings. The molecule has 0 aliphatic heterocycles. The van der Waals surface area contributed by atoms with Crippen LogP contribution >= 0.6 is 0 Å². The zero-order valence-electron chi connectivity index (χ0n) is 13.5. The van der Waals surface area contributed by atoms with Crippen LogP contribution in [0.2, 0.25) is 0 Å². The molecule has 128 valence electrons. The van der Waals surface area contributed by atoms with Crippen molar-refractivity contribution < 1.29 is 23.0 Å². The van der Waals surface area contributed by atoms with Crippen LogP contribution in [0.1, 0.15) is 12.5 Å². The van der Waals surface area contributed by atoms with E-state index in [2.05, 4.69) is 5.32 Å². The third-order valence-electron chi connectivity index (χ3n) is 3.33. The minimum absolute atomic E-state index is 0.0535. The second-order valence-electron chi connectivity index (χ2n) is 5.34. The molecule has 0 radical (unpaired) electrons. The predicted octanol–water partition coefficient (Wildman–Crippen LogP) is 3.10. The monoisotopic (exact) mass is 335 g/mol. The third kappa shape index (κ3) is 4.94. The molecule has 2 rings (SSSR count). The first kappa shape index (κ1) is 17.7. The van der Waals surface area contributed by atoms with Crippen molar-refractivity contribution in [2.45, 2.75) is 19.4 Å². The molecule has 0 bridgehead atoms. The molecule has 0 aliphatic rings. The van der Waals surface area contributed by atoms with Gasteiger partial charge in [-0.25, -0.2) is 8.78 Å². The van der Waals surface area contributed by atoms with Crippen LogP contribution in [0, 0.1) is 11.6 Å². The first-order chi connectivity index (χ1) is 11.5. The smallest absolute Gasteiger partial charge is 0.224 e. The number of nitrogens with one attached hydrogen (secondary N) is 1.